The number of cyclic esters (lactones) is 1. The molecule has 2 aromatic rings. The van der Waals surface area contributed by atoms with Crippen molar-refractivity contribution in [2.75, 3.05) is 18.0 Å². The Bertz CT molecular complexity index is 1070. The van der Waals surface area contributed by atoms with Gasteiger partial charge in [-0.2, -0.15) is 4.31 Å². The zero-order valence-corrected chi connectivity index (χ0v) is 17.3. The second-order valence-electron chi connectivity index (χ2n) is 7.11. The topological polar surface area (TPSA) is 104 Å². The van der Waals surface area contributed by atoms with Crippen LogP contribution in [-0.2, 0) is 21.4 Å². The molecule has 2 aliphatic rings. The van der Waals surface area contributed by atoms with Crippen LogP contribution in [0.1, 0.15) is 33.6 Å². The van der Waals surface area contributed by atoms with E-state index in [2.05, 4.69) is 0 Å². The third kappa shape index (κ3) is 3.52. The molecule has 1 N–H and O–H groups in total. The van der Waals surface area contributed by atoms with Gasteiger partial charge in [-0.3, -0.25) is 4.90 Å². The Balaban J connectivity index is 1.54. The second-order valence-corrected chi connectivity index (χ2v) is 9.93. The number of aromatic carboxylic acids is 1. The van der Waals surface area contributed by atoms with Gasteiger partial charge in [0.15, 0.2) is 0 Å². The molecule has 10 heteroatoms. The van der Waals surface area contributed by atoms with Crippen LogP contribution in [0, 0.1) is 6.92 Å². The lowest BCUT2D eigenvalue weighted by molar-refractivity contribution is 0.0698. The number of fused-ring (bicyclic) bond motifs is 1. The number of piperidine rings is 1. The van der Waals surface area contributed by atoms with Gasteiger partial charge in [0.1, 0.15) is 16.4 Å². The maximum atomic E-state index is 12.9. The third-order valence-electron chi connectivity index (χ3n) is 5.27. The van der Waals surface area contributed by atoms with Crippen molar-refractivity contribution in [2.45, 2.75) is 37.3 Å². The Morgan fingerprint density at radius 2 is 1.97 bits per heavy atom. The number of carbonyl (C=O) groups excluding carboxylic acids is 1. The Morgan fingerprint density at radius 1 is 1.24 bits per heavy atom. The van der Waals surface area contributed by atoms with Crippen LogP contribution < -0.4 is 4.90 Å². The van der Waals surface area contributed by atoms with E-state index >= 15 is 0 Å². The maximum Gasteiger partial charge on any atom is 0.414 e. The minimum absolute atomic E-state index is 0.174. The number of anilines is 1. The van der Waals surface area contributed by atoms with Gasteiger partial charge in [-0.15, -0.1) is 11.3 Å². The summed E-state index contributed by atoms with van der Waals surface area (Å²) < 4.78 is 32.4. The number of carboxylic acids is 1. The first-order chi connectivity index (χ1) is 13.8. The average Bonchev–Trinajstić information content (AvgIpc) is 3.19. The first kappa shape index (κ1) is 19.9. The third-order valence-corrected chi connectivity index (χ3v) is 8.24. The first-order valence-electron chi connectivity index (χ1n) is 9.15. The van der Waals surface area contributed by atoms with Crippen molar-refractivity contribution < 1.29 is 27.9 Å². The van der Waals surface area contributed by atoms with Crippen molar-refractivity contribution in [1.82, 2.24) is 4.31 Å². The number of ether oxygens (including phenoxy) is 1. The molecule has 0 bridgehead atoms. The number of nitrogens with zero attached hydrogens (tertiary/aromatic N) is 2. The number of hydrogen-bond donors (Lipinski definition) is 1. The van der Waals surface area contributed by atoms with Gasteiger partial charge in [-0.25, -0.2) is 18.0 Å². The summed E-state index contributed by atoms with van der Waals surface area (Å²) in [5.74, 6) is -1.25. The van der Waals surface area contributed by atoms with E-state index in [1.165, 1.54) is 15.8 Å². The molecule has 4 rings (SSSR count). The Hall–Kier alpha value is -2.43. The first-order valence-corrected chi connectivity index (χ1v) is 11.5. The van der Waals surface area contributed by atoms with Gasteiger partial charge < -0.3 is 9.84 Å². The van der Waals surface area contributed by atoms with Crippen LogP contribution in [0.2, 0.25) is 0 Å². The molecular formula is C19H20N2O6S2. The van der Waals surface area contributed by atoms with E-state index in [-0.39, 0.29) is 35.5 Å². The summed E-state index contributed by atoms with van der Waals surface area (Å²) in [4.78, 5) is 25.0. The molecule has 3 heterocycles. The van der Waals surface area contributed by atoms with Gasteiger partial charge in [-0.1, -0.05) is 17.7 Å². The monoisotopic (exact) mass is 436 g/mol. The Morgan fingerprint density at radius 3 is 2.66 bits per heavy atom. The van der Waals surface area contributed by atoms with Crippen molar-refractivity contribution in [3.63, 3.8) is 0 Å². The number of aryl methyl sites for hydroxylation is 1. The quantitative estimate of drug-likeness (QED) is 0.790. The minimum Gasteiger partial charge on any atom is -0.477 e. The normalized spacial score (nSPS) is 18.4. The molecule has 1 aromatic heterocycles. The molecule has 0 spiro atoms. The van der Waals surface area contributed by atoms with Crippen LogP contribution in [0.5, 0.6) is 0 Å². The number of rotatable bonds is 4. The van der Waals surface area contributed by atoms with Gasteiger partial charge in [-0.05, 0) is 37.3 Å². The molecular weight excluding hydrogens is 416 g/mol. The molecule has 0 aliphatic carbocycles. The second kappa shape index (κ2) is 7.43. The SMILES string of the molecule is Cc1ccc2c(c1)COC(=O)N2C1CCN(S(=O)(=O)c2ccsc2C(=O)O)CC1. The molecule has 0 radical (unpaired) electrons. The number of benzene rings is 1. The number of hydrogen-bond acceptors (Lipinski definition) is 6. The van der Waals surface area contributed by atoms with Crippen molar-refractivity contribution in [1.29, 1.82) is 0 Å². The summed E-state index contributed by atoms with van der Waals surface area (Å²) in [6.45, 7) is 2.61. The van der Waals surface area contributed by atoms with Crippen LogP contribution in [0.3, 0.4) is 0 Å². The highest BCUT2D eigenvalue weighted by atomic mass is 32.2. The van der Waals surface area contributed by atoms with Gasteiger partial charge in [0.2, 0.25) is 10.0 Å². The van der Waals surface area contributed by atoms with E-state index in [4.69, 9.17) is 4.74 Å². The Kier molecular flexibility index (Phi) is 5.09. The molecule has 8 nitrogen and oxygen atoms in total. The summed E-state index contributed by atoms with van der Waals surface area (Å²) in [5.41, 5.74) is 2.82. The van der Waals surface area contributed by atoms with Crippen molar-refractivity contribution in [2.24, 2.45) is 0 Å². The van der Waals surface area contributed by atoms with Crippen LogP contribution in [0.15, 0.2) is 34.5 Å². The molecule has 1 aromatic carbocycles. The van der Waals surface area contributed by atoms with Crippen LogP contribution in [-0.4, -0.2) is 49.0 Å². The van der Waals surface area contributed by atoms with E-state index < -0.39 is 22.1 Å². The van der Waals surface area contributed by atoms with E-state index in [0.717, 1.165) is 28.2 Å². The van der Waals surface area contributed by atoms with Gasteiger partial charge in [0, 0.05) is 24.7 Å². The summed E-state index contributed by atoms with van der Waals surface area (Å²) in [6, 6.07) is 6.97. The number of amides is 1. The van der Waals surface area contributed by atoms with Crippen molar-refractivity contribution in [3.8, 4) is 0 Å². The fourth-order valence-corrected chi connectivity index (χ4v) is 6.56. The predicted molar refractivity (Wildman–Crippen MR) is 107 cm³/mol. The van der Waals surface area contributed by atoms with Crippen LogP contribution in [0.4, 0.5) is 10.5 Å². The van der Waals surface area contributed by atoms with E-state index in [9.17, 15) is 23.1 Å². The molecule has 1 amide bonds. The summed E-state index contributed by atoms with van der Waals surface area (Å²) in [6.07, 6.45) is 0.455. The average molecular weight is 437 g/mol. The highest BCUT2D eigenvalue weighted by Gasteiger charge is 2.38. The van der Waals surface area contributed by atoms with Gasteiger partial charge in [0.05, 0.1) is 5.69 Å². The number of thiophene rings is 1. The zero-order valence-electron chi connectivity index (χ0n) is 15.7. The molecule has 2 aliphatic heterocycles. The highest BCUT2D eigenvalue weighted by molar-refractivity contribution is 7.89. The van der Waals surface area contributed by atoms with Crippen molar-refractivity contribution >= 4 is 39.1 Å². The minimum atomic E-state index is -3.90. The lowest BCUT2D eigenvalue weighted by atomic mass is 10.0. The van der Waals surface area contributed by atoms with Crippen molar-refractivity contribution in [3.05, 3.63) is 45.6 Å². The van der Waals surface area contributed by atoms with E-state index in [1.807, 2.05) is 25.1 Å². The number of carboxylic acid groups (broad SMARTS) is 1. The lowest BCUT2D eigenvalue weighted by Gasteiger charge is -2.39. The fraction of sp³-hybridized carbons (Fsp3) is 0.368. The van der Waals surface area contributed by atoms with Gasteiger partial charge >= 0.3 is 12.1 Å². The Labute approximate surface area is 172 Å². The van der Waals surface area contributed by atoms with E-state index in [1.54, 1.807) is 4.90 Å². The van der Waals surface area contributed by atoms with Crippen LogP contribution in [0.25, 0.3) is 0 Å². The molecule has 0 atom stereocenters. The van der Waals surface area contributed by atoms with Gasteiger partial charge in [0.25, 0.3) is 0 Å². The molecule has 1 saturated heterocycles. The molecule has 154 valence electrons. The molecule has 0 unspecified atom stereocenters. The smallest absolute Gasteiger partial charge is 0.414 e. The predicted octanol–water partition coefficient (Wildman–Crippen LogP) is 3.06. The summed E-state index contributed by atoms with van der Waals surface area (Å²) >= 11 is 0.891. The number of sulfonamides is 1. The van der Waals surface area contributed by atoms with Crippen LogP contribution >= 0.6 is 11.3 Å². The zero-order chi connectivity index (χ0) is 20.8. The number of carbonyl (C=O) groups is 2. The summed E-state index contributed by atoms with van der Waals surface area (Å²) in [5, 5.41) is 10.7. The lowest BCUT2D eigenvalue weighted by Crippen LogP contribution is -2.50. The molecule has 0 saturated carbocycles. The van der Waals surface area contributed by atoms with E-state index in [0.29, 0.717) is 12.8 Å². The molecule has 29 heavy (non-hydrogen) atoms. The fourth-order valence-electron chi connectivity index (χ4n) is 3.85. The highest BCUT2D eigenvalue weighted by Crippen LogP contribution is 2.34. The largest absolute Gasteiger partial charge is 0.477 e. The summed E-state index contributed by atoms with van der Waals surface area (Å²) in [7, 11) is -3.90. The standard InChI is InChI=1S/C19H20N2O6S2/c1-12-2-3-15-13(10-12)11-27-19(24)21(15)14-4-7-20(8-5-14)29(25,26)16-6-9-28-17(16)18(22)23/h2-3,6,9-10,14H,4-5,7-8,11H2,1H3,(H,22,23). The maximum absolute atomic E-state index is 12.9. The molecule has 1 fully saturated rings.